The average molecular weight is 502 g/mol. The fraction of sp³-hybridized carbons (Fsp3) is 0.407. The number of aromatic nitrogens is 4. The van der Waals surface area contributed by atoms with Crippen molar-refractivity contribution in [3.8, 4) is 0 Å². The van der Waals surface area contributed by atoms with Crippen molar-refractivity contribution in [2.75, 3.05) is 25.0 Å². The maximum atomic E-state index is 13.7. The zero-order chi connectivity index (χ0) is 25.7. The van der Waals surface area contributed by atoms with E-state index in [0.29, 0.717) is 48.1 Å². The van der Waals surface area contributed by atoms with Crippen molar-refractivity contribution in [1.82, 2.24) is 24.2 Å². The van der Waals surface area contributed by atoms with Crippen molar-refractivity contribution >= 4 is 28.8 Å². The van der Waals surface area contributed by atoms with Crippen LogP contribution in [0.3, 0.4) is 0 Å². The number of pyridine rings is 1. The number of H-pyrrole nitrogens is 1. The Labute approximate surface area is 214 Å². The van der Waals surface area contributed by atoms with Gasteiger partial charge in [-0.3, -0.25) is 24.6 Å². The van der Waals surface area contributed by atoms with Crippen LogP contribution in [0.2, 0.25) is 0 Å². The summed E-state index contributed by atoms with van der Waals surface area (Å²) in [5, 5.41) is 20.6. The Morgan fingerprint density at radius 3 is 2.73 bits per heavy atom. The molecule has 10 heteroatoms. The van der Waals surface area contributed by atoms with Crippen LogP contribution in [0.4, 0.5) is 11.5 Å². The summed E-state index contributed by atoms with van der Waals surface area (Å²) in [6, 6.07) is 5.67. The van der Waals surface area contributed by atoms with Crippen LogP contribution in [0.15, 0.2) is 39.8 Å². The van der Waals surface area contributed by atoms with Gasteiger partial charge in [0.1, 0.15) is 17.2 Å². The number of amides is 1. The highest BCUT2D eigenvalue weighted by Gasteiger charge is 2.34. The summed E-state index contributed by atoms with van der Waals surface area (Å²) in [6.45, 7) is 3.38. The van der Waals surface area contributed by atoms with Gasteiger partial charge in [-0.15, -0.1) is 0 Å². The minimum Gasteiger partial charge on any atom is -0.392 e. The van der Waals surface area contributed by atoms with Gasteiger partial charge in [0.15, 0.2) is 5.82 Å². The molecule has 2 aliphatic heterocycles. The Kier molecular flexibility index (Phi) is 5.83. The van der Waals surface area contributed by atoms with Crippen LogP contribution in [0, 0.1) is 6.92 Å². The Bertz CT molecular complexity index is 1520. The molecule has 0 fully saturated rings. The van der Waals surface area contributed by atoms with Gasteiger partial charge in [-0.05, 0) is 67.9 Å². The molecule has 3 aliphatic rings. The SMILES string of the molecule is Cc1cc(Nc2cc(C3=C(CO)C(N4CCn5c(cc6c5CCCC6)C4=O)=NCC3)cn(C)c2=O)n[nH]1. The molecule has 0 bridgehead atoms. The molecule has 5 heterocycles. The number of fused-ring (bicyclic) bond motifs is 3. The third-order valence-electron chi connectivity index (χ3n) is 7.59. The van der Waals surface area contributed by atoms with Crippen LogP contribution < -0.4 is 10.9 Å². The number of anilines is 2. The third-order valence-corrected chi connectivity index (χ3v) is 7.59. The van der Waals surface area contributed by atoms with Crippen molar-refractivity contribution in [2.24, 2.45) is 12.0 Å². The number of hydrogen-bond acceptors (Lipinski definition) is 6. The Balaban J connectivity index is 1.36. The summed E-state index contributed by atoms with van der Waals surface area (Å²) >= 11 is 0. The molecule has 3 N–H and O–H groups in total. The largest absolute Gasteiger partial charge is 0.392 e. The lowest BCUT2D eigenvalue weighted by Crippen LogP contribution is -2.46. The number of dihydropyridines is 1. The molecule has 10 nitrogen and oxygen atoms in total. The van der Waals surface area contributed by atoms with Gasteiger partial charge in [0, 0.05) is 55.9 Å². The molecule has 1 amide bonds. The van der Waals surface area contributed by atoms with Crippen LogP contribution >= 0.6 is 0 Å². The molecule has 0 aromatic carbocycles. The van der Waals surface area contributed by atoms with E-state index < -0.39 is 0 Å². The lowest BCUT2D eigenvalue weighted by atomic mass is 9.94. The minimum absolute atomic E-state index is 0.0664. The molecule has 0 atom stereocenters. The van der Waals surface area contributed by atoms with Crippen molar-refractivity contribution in [3.63, 3.8) is 0 Å². The number of amidine groups is 1. The van der Waals surface area contributed by atoms with Crippen LogP contribution in [0.1, 0.15) is 52.3 Å². The Hall–Kier alpha value is -3.92. The smallest absolute Gasteiger partial charge is 0.276 e. The van der Waals surface area contributed by atoms with E-state index in [2.05, 4.69) is 26.1 Å². The quantitative estimate of drug-likeness (QED) is 0.508. The van der Waals surface area contributed by atoms with Gasteiger partial charge in [0.05, 0.1) is 6.61 Å². The summed E-state index contributed by atoms with van der Waals surface area (Å²) in [6.07, 6.45) is 6.75. The van der Waals surface area contributed by atoms with Gasteiger partial charge in [0.25, 0.3) is 11.5 Å². The van der Waals surface area contributed by atoms with Crippen LogP contribution in [0.25, 0.3) is 5.57 Å². The lowest BCUT2D eigenvalue weighted by molar-refractivity contribution is 0.0805. The zero-order valence-electron chi connectivity index (χ0n) is 21.2. The number of carbonyl (C=O) groups is 1. The van der Waals surface area contributed by atoms with Crippen molar-refractivity contribution in [2.45, 2.75) is 45.6 Å². The van der Waals surface area contributed by atoms with E-state index in [1.807, 2.05) is 13.0 Å². The second-order valence-electron chi connectivity index (χ2n) is 10.0. The molecule has 0 saturated carbocycles. The molecule has 0 saturated heterocycles. The average Bonchev–Trinajstić information content (AvgIpc) is 3.50. The van der Waals surface area contributed by atoms with E-state index in [4.69, 9.17) is 4.99 Å². The summed E-state index contributed by atoms with van der Waals surface area (Å²) in [4.78, 5) is 32.9. The Morgan fingerprint density at radius 2 is 1.95 bits per heavy atom. The highest BCUT2D eigenvalue weighted by molar-refractivity contribution is 6.16. The van der Waals surface area contributed by atoms with Gasteiger partial charge >= 0.3 is 0 Å². The first-order chi connectivity index (χ1) is 17.9. The Morgan fingerprint density at radius 1 is 1.11 bits per heavy atom. The molecular weight excluding hydrogens is 470 g/mol. The number of nitrogens with zero attached hydrogens (tertiary/aromatic N) is 5. The monoisotopic (exact) mass is 501 g/mol. The number of aliphatic hydroxyl groups excluding tert-OH is 1. The zero-order valence-corrected chi connectivity index (χ0v) is 21.2. The first kappa shape index (κ1) is 23.5. The van der Waals surface area contributed by atoms with E-state index in [1.165, 1.54) is 15.8 Å². The van der Waals surface area contributed by atoms with Gasteiger partial charge in [-0.1, -0.05) is 0 Å². The fourth-order valence-corrected chi connectivity index (χ4v) is 5.81. The summed E-state index contributed by atoms with van der Waals surface area (Å²) < 4.78 is 3.70. The van der Waals surface area contributed by atoms with Crippen molar-refractivity contribution in [3.05, 3.63) is 68.5 Å². The topological polar surface area (TPSA) is 121 Å². The van der Waals surface area contributed by atoms with E-state index in [-0.39, 0.29) is 18.1 Å². The fourth-order valence-electron chi connectivity index (χ4n) is 5.81. The standard InChI is InChI=1S/C27H31N7O3/c1-16-11-24(31-30-16)29-21-12-18(14-32(2)26(21)36)19-7-8-28-25(20(19)15-35)34-10-9-33-22-6-4-3-5-17(22)13-23(33)27(34)37/h11-14,35H,3-10,15H2,1-2H3,(H2,29,30,31). The highest BCUT2D eigenvalue weighted by atomic mass is 16.3. The highest BCUT2D eigenvalue weighted by Crippen LogP contribution is 2.32. The summed E-state index contributed by atoms with van der Waals surface area (Å²) in [7, 11) is 1.70. The molecule has 1 aliphatic carbocycles. The molecule has 37 heavy (non-hydrogen) atoms. The first-order valence-electron chi connectivity index (χ1n) is 12.9. The van der Waals surface area contributed by atoms with Gasteiger partial charge in [-0.2, -0.15) is 5.10 Å². The van der Waals surface area contributed by atoms with Crippen molar-refractivity contribution < 1.29 is 9.90 Å². The summed E-state index contributed by atoms with van der Waals surface area (Å²) in [5.74, 6) is 1.02. The molecule has 0 spiro atoms. The second kappa shape index (κ2) is 9.19. The number of hydrogen-bond donors (Lipinski definition) is 3. The van der Waals surface area contributed by atoms with Crippen LogP contribution in [-0.2, 0) is 26.4 Å². The van der Waals surface area contributed by atoms with Crippen molar-refractivity contribution in [1.29, 1.82) is 0 Å². The van der Waals surface area contributed by atoms with E-state index in [1.54, 1.807) is 24.2 Å². The molecule has 3 aromatic rings. The molecule has 3 aromatic heterocycles. The minimum atomic E-state index is -0.250. The molecule has 0 radical (unpaired) electrons. The number of aliphatic hydroxyl groups is 1. The number of aromatic amines is 1. The van der Waals surface area contributed by atoms with Crippen LogP contribution in [0.5, 0.6) is 0 Å². The van der Waals surface area contributed by atoms with Gasteiger partial charge in [-0.25, -0.2) is 0 Å². The number of aliphatic imine (C=N–C) groups is 1. The van der Waals surface area contributed by atoms with E-state index >= 15 is 0 Å². The van der Waals surface area contributed by atoms with Gasteiger partial charge in [0.2, 0.25) is 0 Å². The predicted molar refractivity (Wildman–Crippen MR) is 141 cm³/mol. The third kappa shape index (κ3) is 4.01. The number of nitrogens with one attached hydrogen (secondary N) is 2. The molecular formula is C27H31N7O3. The molecule has 6 rings (SSSR count). The second-order valence-corrected chi connectivity index (χ2v) is 10.0. The maximum Gasteiger partial charge on any atom is 0.276 e. The number of rotatable bonds is 4. The predicted octanol–water partition coefficient (Wildman–Crippen LogP) is 2.54. The summed E-state index contributed by atoms with van der Waals surface area (Å²) in [5.41, 5.74) is 6.71. The maximum absolute atomic E-state index is 13.7. The lowest BCUT2D eigenvalue weighted by Gasteiger charge is -2.33. The molecule has 0 unspecified atom stereocenters. The van der Waals surface area contributed by atoms with E-state index in [0.717, 1.165) is 49.1 Å². The number of carbonyl (C=O) groups excluding carboxylic acids is 1. The van der Waals surface area contributed by atoms with Gasteiger partial charge < -0.3 is 19.6 Å². The van der Waals surface area contributed by atoms with E-state index in [9.17, 15) is 14.7 Å². The normalized spacial score (nSPS) is 17.5. The van der Waals surface area contributed by atoms with Crippen LogP contribution in [-0.4, -0.2) is 60.8 Å². The molecule has 192 valence electrons. The first-order valence-corrected chi connectivity index (χ1v) is 12.9. The number of aryl methyl sites for hydroxylation is 3.